The van der Waals surface area contributed by atoms with Crippen LogP contribution in [0.3, 0.4) is 0 Å². The second-order valence-electron chi connectivity index (χ2n) is 7.66. The minimum atomic E-state index is -1.07. The van der Waals surface area contributed by atoms with Crippen LogP contribution in [0.4, 0.5) is 17.1 Å². The van der Waals surface area contributed by atoms with Crippen molar-refractivity contribution in [3.8, 4) is 0 Å². The van der Waals surface area contributed by atoms with Gasteiger partial charge in [0.1, 0.15) is 5.76 Å². The smallest absolute Gasteiger partial charge is 0.300 e. The third-order valence-electron chi connectivity index (χ3n) is 5.50. The molecule has 1 aliphatic heterocycles. The zero-order valence-electron chi connectivity index (χ0n) is 17.7. The summed E-state index contributed by atoms with van der Waals surface area (Å²) in [7, 11) is 0. The average Bonchev–Trinajstić information content (AvgIpc) is 3.09. The second kappa shape index (κ2) is 8.58. The summed E-state index contributed by atoms with van der Waals surface area (Å²) >= 11 is 0. The van der Waals surface area contributed by atoms with Gasteiger partial charge >= 0.3 is 0 Å². The topological polar surface area (TPSA) is 144 Å². The van der Waals surface area contributed by atoms with Crippen molar-refractivity contribution in [1.29, 1.82) is 0 Å². The summed E-state index contributed by atoms with van der Waals surface area (Å²) in [5, 5.41) is 33.1. The van der Waals surface area contributed by atoms with Gasteiger partial charge < -0.3 is 5.11 Å². The zero-order chi connectivity index (χ0) is 24.6. The SMILES string of the molecule is Cc1cccc(N2C(=O)C(=O)/C(=C(/O)c3ccc([N+](=O)[O-])cc3)C2c2ccc([N+](=O)[O-])cc2)c1. The number of non-ortho nitro benzene ring substituents is 2. The van der Waals surface area contributed by atoms with Gasteiger partial charge in [0.2, 0.25) is 0 Å². The first kappa shape index (κ1) is 22.3. The van der Waals surface area contributed by atoms with E-state index in [0.29, 0.717) is 11.3 Å². The largest absolute Gasteiger partial charge is 0.507 e. The molecule has 3 aromatic carbocycles. The molecule has 1 unspecified atom stereocenters. The van der Waals surface area contributed by atoms with Crippen LogP contribution in [-0.2, 0) is 9.59 Å². The van der Waals surface area contributed by atoms with Crippen LogP contribution in [0.25, 0.3) is 5.76 Å². The summed E-state index contributed by atoms with van der Waals surface area (Å²) in [6, 6.07) is 16.0. The number of hydrogen-bond acceptors (Lipinski definition) is 7. The maximum atomic E-state index is 13.1. The predicted molar refractivity (Wildman–Crippen MR) is 122 cm³/mol. The number of carbonyl (C=O) groups excluding carboxylic acids is 2. The molecule has 0 aliphatic carbocycles. The number of nitro groups is 2. The number of aliphatic hydroxyl groups excluding tert-OH is 1. The minimum Gasteiger partial charge on any atom is -0.507 e. The summed E-state index contributed by atoms with van der Waals surface area (Å²) in [6.45, 7) is 1.82. The molecule has 1 heterocycles. The lowest BCUT2D eigenvalue weighted by Gasteiger charge is -2.25. The van der Waals surface area contributed by atoms with Gasteiger partial charge in [0.25, 0.3) is 23.1 Å². The Balaban J connectivity index is 1.92. The Kier molecular flexibility index (Phi) is 5.64. The number of anilines is 1. The van der Waals surface area contributed by atoms with Crippen LogP contribution in [-0.4, -0.2) is 26.6 Å². The molecule has 1 aliphatic rings. The van der Waals surface area contributed by atoms with E-state index in [2.05, 4.69) is 0 Å². The van der Waals surface area contributed by atoms with E-state index < -0.39 is 33.3 Å². The Bertz CT molecular complexity index is 1360. The average molecular weight is 459 g/mol. The van der Waals surface area contributed by atoms with Crippen molar-refractivity contribution in [2.75, 3.05) is 4.90 Å². The Morgan fingerprint density at radius 3 is 1.97 bits per heavy atom. The summed E-state index contributed by atoms with van der Waals surface area (Å²) in [6.07, 6.45) is 0. The highest BCUT2D eigenvalue weighted by molar-refractivity contribution is 6.51. The van der Waals surface area contributed by atoms with Gasteiger partial charge in [0.05, 0.1) is 21.5 Å². The number of benzene rings is 3. The number of nitro benzene ring substituents is 2. The van der Waals surface area contributed by atoms with E-state index in [4.69, 9.17) is 0 Å². The van der Waals surface area contributed by atoms with Crippen LogP contribution in [0.2, 0.25) is 0 Å². The van der Waals surface area contributed by atoms with Crippen molar-refractivity contribution in [1.82, 2.24) is 0 Å². The van der Waals surface area contributed by atoms with Gasteiger partial charge in [0.15, 0.2) is 0 Å². The fourth-order valence-electron chi connectivity index (χ4n) is 3.87. The van der Waals surface area contributed by atoms with Gasteiger partial charge in [-0.3, -0.25) is 34.7 Å². The van der Waals surface area contributed by atoms with E-state index in [1.165, 1.54) is 53.4 Å². The molecule has 1 atom stereocenters. The predicted octanol–water partition coefficient (Wildman–Crippen LogP) is 4.44. The van der Waals surface area contributed by atoms with Crippen molar-refractivity contribution in [3.63, 3.8) is 0 Å². The van der Waals surface area contributed by atoms with Crippen molar-refractivity contribution >= 4 is 34.5 Å². The number of amides is 1. The lowest BCUT2D eigenvalue weighted by molar-refractivity contribution is -0.385. The molecule has 3 aromatic rings. The summed E-state index contributed by atoms with van der Waals surface area (Å²) < 4.78 is 0. The van der Waals surface area contributed by atoms with E-state index in [0.717, 1.165) is 5.56 Å². The summed E-state index contributed by atoms with van der Waals surface area (Å²) in [5.41, 5.74) is 1.12. The number of carbonyl (C=O) groups is 2. The number of aliphatic hydroxyl groups is 1. The van der Waals surface area contributed by atoms with Gasteiger partial charge in [-0.2, -0.15) is 0 Å². The molecular formula is C24H17N3O7. The van der Waals surface area contributed by atoms with E-state index in [1.54, 1.807) is 18.2 Å². The highest BCUT2D eigenvalue weighted by Gasteiger charge is 2.47. The first-order valence-electron chi connectivity index (χ1n) is 10.1. The van der Waals surface area contributed by atoms with Crippen LogP contribution in [0, 0.1) is 27.2 Å². The van der Waals surface area contributed by atoms with Gasteiger partial charge in [-0.25, -0.2) is 0 Å². The molecular weight excluding hydrogens is 442 g/mol. The molecule has 1 saturated heterocycles. The van der Waals surface area contributed by atoms with E-state index in [9.17, 15) is 34.9 Å². The third-order valence-corrected chi connectivity index (χ3v) is 5.50. The molecule has 0 aromatic heterocycles. The molecule has 1 N–H and O–H groups in total. The lowest BCUT2D eigenvalue weighted by Crippen LogP contribution is -2.29. The maximum Gasteiger partial charge on any atom is 0.300 e. The Morgan fingerprint density at radius 1 is 0.882 bits per heavy atom. The molecule has 0 radical (unpaired) electrons. The third kappa shape index (κ3) is 3.88. The molecule has 170 valence electrons. The van der Waals surface area contributed by atoms with Crippen molar-refractivity contribution in [2.45, 2.75) is 13.0 Å². The fourth-order valence-corrected chi connectivity index (χ4v) is 3.87. The number of aryl methyl sites for hydroxylation is 1. The van der Waals surface area contributed by atoms with Crippen LogP contribution in [0.15, 0.2) is 78.4 Å². The minimum absolute atomic E-state index is 0.111. The lowest BCUT2D eigenvalue weighted by atomic mass is 9.95. The van der Waals surface area contributed by atoms with Crippen molar-refractivity contribution in [3.05, 3.63) is 115 Å². The highest BCUT2D eigenvalue weighted by Crippen LogP contribution is 2.42. The van der Waals surface area contributed by atoms with Crippen molar-refractivity contribution < 1.29 is 24.5 Å². The Morgan fingerprint density at radius 2 is 1.44 bits per heavy atom. The second-order valence-corrected chi connectivity index (χ2v) is 7.66. The van der Waals surface area contributed by atoms with E-state index >= 15 is 0 Å². The molecule has 0 spiro atoms. The fraction of sp³-hybridized carbons (Fsp3) is 0.0833. The number of rotatable bonds is 5. The molecule has 1 amide bonds. The molecule has 10 nitrogen and oxygen atoms in total. The van der Waals surface area contributed by atoms with Crippen LogP contribution in [0.1, 0.15) is 22.7 Å². The molecule has 0 saturated carbocycles. The first-order valence-corrected chi connectivity index (χ1v) is 10.1. The molecule has 1 fully saturated rings. The zero-order valence-corrected chi connectivity index (χ0v) is 17.7. The number of hydrogen-bond donors (Lipinski definition) is 1. The van der Waals surface area contributed by atoms with Gasteiger partial charge in [-0.05, 0) is 54.4 Å². The van der Waals surface area contributed by atoms with Gasteiger partial charge in [0, 0.05) is 35.5 Å². The number of Topliss-reactive ketones (excluding diaryl/α,β-unsaturated/α-hetero) is 1. The van der Waals surface area contributed by atoms with Crippen LogP contribution >= 0.6 is 0 Å². The van der Waals surface area contributed by atoms with Crippen molar-refractivity contribution in [2.24, 2.45) is 0 Å². The molecule has 34 heavy (non-hydrogen) atoms. The molecule has 0 bridgehead atoms. The quantitative estimate of drug-likeness (QED) is 0.195. The number of nitrogens with zero attached hydrogens (tertiary/aromatic N) is 3. The number of ketones is 1. The highest BCUT2D eigenvalue weighted by atomic mass is 16.6. The van der Waals surface area contributed by atoms with Gasteiger partial charge in [-0.1, -0.05) is 12.1 Å². The Labute approximate surface area is 192 Å². The van der Waals surface area contributed by atoms with Crippen LogP contribution < -0.4 is 4.90 Å². The monoisotopic (exact) mass is 459 g/mol. The molecule has 4 rings (SSSR count). The van der Waals surface area contributed by atoms with Crippen LogP contribution in [0.5, 0.6) is 0 Å². The summed E-state index contributed by atoms with van der Waals surface area (Å²) in [5.74, 6) is -2.33. The van der Waals surface area contributed by atoms with E-state index in [-0.39, 0.29) is 22.5 Å². The molecule has 10 heteroatoms. The summed E-state index contributed by atoms with van der Waals surface area (Å²) in [4.78, 5) is 48.3. The maximum absolute atomic E-state index is 13.1. The Hall–Kier alpha value is -4.86. The van der Waals surface area contributed by atoms with Gasteiger partial charge in [-0.15, -0.1) is 0 Å². The first-order chi connectivity index (χ1) is 16.2. The normalized spacial score (nSPS) is 17.1. The standard InChI is InChI=1S/C24H17N3O7/c1-14-3-2-4-19(13-14)25-21(15-5-9-17(10-6-15)26(31)32)20(23(29)24(25)30)22(28)16-7-11-18(12-8-16)27(33)34/h2-13,21,28H,1H3/b22-20+. The van der Waals surface area contributed by atoms with E-state index in [1.807, 2.05) is 13.0 Å².